The van der Waals surface area contributed by atoms with E-state index >= 15 is 0 Å². The van der Waals surface area contributed by atoms with Crippen molar-refractivity contribution in [1.82, 2.24) is 4.98 Å². The molecule has 68 valence electrons. The molecule has 1 aromatic rings. The van der Waals surface area contributed by atoms with Gasteiger partial charge >= 0.3 is 0 Å². The Bertz CT molecular complexity index is 262. The van der Waals surface area contributed by atoms with E-state index in [1.54, 1.807) is 6.92 Å². The number of anilines is 1. The summed E-state index contributed by atoms with van der Waals surface area (Å²) < 4.78 is 4.99. The smallest absolute Gasteiger partial charge is 0.192 e. The summed E-state index contributed by atoms with van der Waals surface area (Å²) in [6.07, 6.45) is -0.884. The van der Waals surface area contributed by atoms with E-state index in [0.717, 1.165) is 5.69 Å². The molecule has 1 atom stereocenters. The first-order valence-corrected chi connectivity index (χ1v) is 4.49. The molecule has 1 rings (SSSR count). The highest BCUT2D eigenvalue weighted by Gasteiger charge is 2.14. The monoisotopic (exact) mass is 188 g/mol. The third-order valence-electron chi connectivity index (χ3n) is 1.40. The fourth-order valence-electron chi connectivity index (χ4n) is 0.892. The fraction of sp³-hybridized carbons (Fsp3) is 0.571. The van der Waals surface area contributed by atoms with Gasteiger partial charge in [0.15, 0.2) is 11.4 Å². The zero-order chi connectivity index (χ0) is 9.14. The number of nitrogens with two attached hydrogens (primary N) is 1. The Morgan fingerprint density at radius 3 is 2.83 bits per heavy atom. The minimum atomic E-state index is -0.884. The van der Waals surface area contributed by atoms with Crippen LogP contribution in [0.25, 0.3) is 0 Å². The van der Waals surface area contributed by atoms with Gasteiger partial charge in [0.1, 0.15) is 0 Å². The summed E-state index contributed by atoms with van der Waals surface area (Å²) in [5.41, 5.74) is 6.19. The van der Waals surface area contributed by atoms with Crippen LogP contribution >= 0.6 is 11.3 Å². The molecule has 3 N–H and O–H groups in total. The Hall–Kier alpha value is -0.650. The number of ether oxygens (including phenoxy) is 1. The SMILES string of the molecule is CCOC(O)c1sc(N)nc1C. The summed E-state index contributed by atoms with van der Waals surface area (Å²) in [6, 6.07) is 0. The Balaban J connectivity index is 2.79. The van der Waals surface area contributed by atoms with Crippen LogP contribution in [0, 0.1) is 6.92 Å². The number of nitrogens with zero attached hydrogens (tertiary/aromatic N) is 1. The van der Waals surface area contributed by atoms with Gasteiger partial charge in [-0.2, -0.15) is 0 Å². The molecule has 1 aromatic heterocycles. The molecule has 5 heteroatoms. The molecule has 0 aliphatic rings. The van der Waals surface area contributed by atoms with Gasteiger partial charge in [0.25, 0.3) is 0 Å². The lowest BCUT2D eigenvalue weighted by atomic mass is 10.4. The van der Waals surface area contributed by atoms with E-state index in [0.29, 0.717) is 16.6 Å². The summed E-state index contributed by atoms with van der Waals surface area (Å²) in [5.74, 6) is 0. The van der Waals surface area contributed by atoms with Gasteiger partial charge in [-0.3, -0.25) is 0 Å². The van der Waals surface area contributed by atoms with E-state index in [1.807, 2.05) is 6.92 Å². The van der Waals surface area contributed by atoms with Crippen LogP contribution < -0.4 is 5.73 Å². The van der Waals surface area contributed by atoms with Crippen molar-refractivity contribution >= 4 is 16.5 Å². The third-order valence-corrected chi connectivity index (χ3v) is 2.42. The standard InChI is InChI=1S/C7H12N2O2S/c1-3-11-6(10)5-4(2)9-7(8)12-5/h6,10H,3H2,1-2H3,(H2,8,9). The molecule has 12 heavy (non-hydrogen) atoms. The first kappa shape index (κ1) is 9.44. The van der Waals surface area contributed by atoms with Gasteiger partial charge in [0.05, 0.1) is 10.6 Å². The van der Waals surface area contributed by atoms with Crippen molar-refractivity contribution in [3.05, 3.63) is 10.6 Å². The van der Waals surface area contributed by atoms with Crippen molar-refractivity contribution < 1.29 is 9.84 Å². The zero-order valence-electron chi connectivity index (χ0n) is 7.07. The minimum absolute atomic E-state index is 0.459. The van der Waals surface area contributed by atoms with Crippen molar-refractivity contribution in [2.75, 3.05) is 12.3 Å². The van der Waals surface area contributed by atoms with E-state index in [1.165, 1.54) is 11.3 Å². The van der Waals surface area contributed by atoms with Gasteiger partial charge in [-0.05, 0) is 13.8 Å². The summed E-state index contributed by atoms with van der Waals surface area (Å²) in [6.45, 7) is 4.09. The van der Waals surface area contributed by atoms with Crippen LogP contribution in [0.1, 0.15) is 23.8 Å². The maximum Gasteiger partial charge on any atom is 0.192 e. The molecule has 0 aliphatic carbocycles. The lowest BCUT2D eigenvalue weighted by Gasteiger charge is -2.07. The normalized spacial score (nSPS) is 13.2. The second-order valence-electron chi connectivity index (χ2n) is 2.31. The number of hydrogen-bond donors (Lipinski definition) is 2. The molecule has 1 unspecified atom stereocenters. The van der Waals surface area contributed by atoms with Gasteiger partial charge in [0.2, 0.25) is 0 Å². The average molecular weight is 188 g/mol. The third kappa shape index (κ3) is 1.94. The predicted molar refractivity (Wildman–Crippen MR) is 47.8 cm³/mol. The van der Waals surface area contributed by atoms with E-state index in [4.69, 9.17) is 10.5 Å². The Kier molecular flexibility index (Phi) is 3.02. The molecule has 0 saturated carbocycles. The molecule has 0 aromatic carbocycles. The van der Waals surface area contributed by atoms with Gasteiger partial charge in [0, 0.05) is 6.61 Å². The molecular formula is C7H12N2O2S. The summed E-state index contributed by atoms with van der Waals surface area (Å²) in [4.78, 5) is 4.66. The van der Waals surface area contributed by atoms with Gasteiger partial charge in [-0.1, -0.05) is 11.3 Å². The molecule has 0 saturated heterocycles. The summed E-state index contributed by atoms with van der Waals surface area (Å²) in [7, 11) is 0. The highest BCUT2D eigenvalue weighted by Crippen LogP contribution is 2.26. The van der Waals surface area contributed by atoms with Gasteiger partial charge < -0.3 is 15.6 Å². The van der Waals surface area contributed by atoms with Crippen LogP contribution in [0.2, 0.25) is 0 Å². The van der Waals surface area contributed by atoms with E-state index in [2.05, 4.69) is 4.98 Å². The highest BCUT2D eigenvalue weighted by molar-refractivity contribution is 7.15. The summed E-state index contributed by atoms with van der Waals surface area (Å²) >= 11 is 1.25. The largest absolute Gasteiger partial charge is 0.375 e. The summed E-state index contributed by atoms with van der Waals surface area (Å²) in [5, 5.41) is 9.87. The van der Waals surface area contributed by atoms with E-state index in [-0.39, 0.29) is 0 Å². The van der Waals surface area contributed by atoms with E-state index < -0.39 is 6.29 Å². The zero-order valence-corrected chi connectivity index (χ0v) is 7.89. The fourth-order valence-corrected chi connectivity index (χ4v) is 1.66. The number of aliphatic hydroxyl groups is 1. The number of aliphatic hydroxyl groups excluding tert-OH is 1. The quantitative estimate of drug-likeness (QED) is 0.696. The maximum atomic E-state index is 9.41. The number of aromatic nitrogens is 1. The number of aryl methyl sites for hydroxylation is 1. The highest BCUT2D eigenvalue weighted by atomic mass is 32.1. The molecule has 4 nitrogen and oxygen atoms in total. The number of thiazole rings is 1. The van der Waals surface area contributed by atoms with Crippen molar-refractivity contribution in [2.24, 2.45) is 0 Å². The molecule has 1 heterocycles. The van der Waals surface area contributed by atoms with Crippen molar-refractivity contribution in [1.29, 1.82) is 0 Å². The average Bonchev–Trinajstić information content (AvgIpc) is 2.30. The Morgan fingerprint density at radius 1 is 1.75 bits per heavy atom. The van der Waals surface area contributed by atoms with Crippen molar-refractivity contribution in [2.45, 2.75) is 20.1 Å². The number of hydrogen-bond acceptors (Lipinski definition) is 5. The lowest BCUT2D eigenvalue weighted by Crippen LogP contribution is -2.01. The topological polar surface area (TPSA) is 68.4 Å². The van der Waals surface area contributed by atoms with Crippen LogP contribution in [0.5, 0.6) is 0 Å². The second-order valence-corrected chi connectivity index (χ2v) is 3.37. The van der Waals surface area contributed by atoms with Gasteiger partial charge in [-0.15, -0.1) is 0 Å². The lowest BCUT2D eigenvalue weighted by molar-refractivity contribution is -0.0959. The second kappa shape index (κ2) is 3.84. The molecule has 0 radical (unpaired) electrons. The minimum Gasteiger partial charge on any atom is -0.375 e. The molecule has 0 bridgehead atoms. The molecule has 0 fully saturated rings. The number of nitrogen functional groups attached to an aromatic ring is 1. The van der Waals surface area contributed by atoms with Crippen molar-refractivity contribution in [3.8, 4) is 0 Å². The van der Waals surface area contributed by atoms with Crippen molar-refractivity contribution in [3.63, 3.8) is 0 Å². The van der Waals surface area contributed by atoms with Crippen LogP contribution in [-0.2, 0) is 4.74 Å². The first-order valence-electron chi connectivity index (χ1n) is 3.67. The van der Waals surface area contributed by atoms with Crippen LogP contribution in [0.3, 0.4) is 0 Å². The maximum absolute atomic E-state index is 9.41. The number of rotatable bonds is 3. The predicted octanol–water partition coefficient (Wildman–Crippen LogP) is 1.06. The van der Waals surface area contributed by atoms with Crippen LogP contribution in [0.4, 0.5) is 5.13 Å². The molecule has 0 spiro atoms. The first-order chi connectivity index (χ1) is 5.65. The Morgan fingerprint density at radius 2 is 2.42 bits per heavy atom. The molecule has 0 amide bonds. The van der Waals surface area contributed by atoms with Crippen LogP contribution in [-0.4, -0.2) is 16.7 Å². The Labute approximate surface area is 75.0 Å². The van der Waals surface area contributed by atoms with Crippen LogP contribution in [0.15, 0.2) is 0 Å². The molecular weight excluding hydrogens is 176 g/mol. The van der Waals surface area contributed by atoms with Gasteiger partial charge in [-0.25, -0.2) is 4.98 Å². The molecule has 0 aliphatic heterocycles. The van der Waals surface area contributed by atoms with E-state index in [9.17, 15) is 5.11 Å².